The van der Waals surface area contributed by atoms with Crippen LogP contribution < -0.4 is 11.1 Å². The van der Waals surface area contributed by atoms with Gasteiger partial charge in [-0.25, -0.2) is 0 Å². The topological polar surface area (TPSA) is 55.1 Å². The second-order valence-electron chi connectivity index (χ2n) is 4.30. The molecule has 1 amide bonds. The molecule has 1 aromatic carbocycles. The molecule has 3 N–H and O–H groups in total. The number of amides is 1. The zero-order valence-corrected chi connectivity index (χ0v) is 10.4. The maximum absolute atomic E-state index is 12.1. The number of nitrogens with one attached hydrogen (secondary N) is 1. The zero-order chi connectivity index (χ0) is 14.3. The highest BCUT2D eigenvalue weighted by Crippen LogP contribution is 2.22. The molecule has 0 saturated heterocycles. The summed E-state index contributed by atoms with van der Waals surface area (Å²) in [4.78, 5) is 11.1. The SMILES string of the molecule is NC(=O)[C@@H](CCC(F)(F)F)NCCc1ccccc1. The average molecular weight is 274 g/mol. The van der Waals surface area contributed by atoms with Crippen molar-refractivity contribution in [2.45, 2.75) is 31.5 Å². The molecule has 6 heteroatoms. The Kier molecular flexibility index (Phi) is 5.82. The highest BCUT2D eigenvalue weighted by Gasteiger charge is 2.29. The number of alkyl halides is 3. The van der Waals surface area contributed by atoms with Gasteiger partial charge in [0.2, 0.25) is 5.91 Å². The standard InChI is InChI=1S/C13H17F3N2O/c14-13(15,16)8-6-11(12(17)19)18-9-7-10-4-2-1-3-5-10/h1-5,11,18H,6-9H2,(H2,17,19)/t11-/m1/s1. The van der Waals surface area contributed by atoms with Gasteiger partial charge < -0.3 is 11.1 Å². The van der Waals surface area contributed by atoms with E-state index >= 15 is 0 Å². The van der Waals surface area contributed by atoms with Crippen LogP contribution in [0.5, 0.6) is 0 Å². The number of carbonyl (C=O) groups is 1. The van der Waals surface area contributed by atoms with Crippen LogP contribution in [0.25, 0.3) is 0 Å². The van der Waals surface area contributed by atoms with Crippen LogP contribution in [0.3, 0.4) is 0 Å². The molecule has 1 rings (SSSR count). The molecular formula is C13H17F3N2O. The van der Waals surface area contributed by atoms with E-state index in [-0.39, 0.29) is 6.42 Å². The van der Waals surface area contributed by atoms with Crippen molar-refractivity contribution in [1.82, 2.24) is 5.32 Å². The third-order valence-electron chi connectivity index (χ3n) is 2.71. The molecule has 1 atom stereocenters. The van der Waals surface area contributed by atoms with Gasteiger partial charge in [0.1, 0.15) is 0 Å². The fourth-order valence-corrected chi connectivity index (χ4v) is 1.69. The van der Waals surface area contributed by atoms with Crippen molar-refractivity contribution in [3.63, 3.8) is 0 Å². The van der Waals surface area contributed by atoms with Crippen molar-refractivity contribution >= 4 is 5.91 Å². The lowest BCUT2D eigenvalue weighted by atomic mass is 10.1. The van der Waals surface area contributed by atoms with E-state index in [1.54, 1.807) is 0 Å². The first-order valence-electron chi connectivity index (χ1n) is 6.02. The third kappa shape index (κ3) is 6.81. The molecule has 0 heterocycles. The molecule has 3 nitrogen and oxygen atoms in total. The summed E-state index contributed by atoms with van der Waals surface area (Å²) in [5.74, 6) is -0.752. The lowest BCUT2D eigenvalue weighted by molar-refractivity contribution is -0.138. The van der Waals surface area contributed by atoms with Crippen molar-refractivity contribution in [2.75, 3.05) is 6.54 Å². The summed E-state index contributed by atoms with van der Waals surface area (Å²) in [5.41, 5.74) is 6.13. The number of halogens is 3. The molecule has 0 unspecified atom stereocenters. The van der Waals surface area contributed by atoms with Crippen molar-refractivity contribution in [3.8, 4) is 0 Å². The van der Waals surface area contributed by atoms with Gasteiger partial charge in [0.15, 0.2) is 0 Å². The van der Waals surface area contributed by atoms with E-state index in [4.69, 9.17) is 5.73 Å². The van der Waals surface area contributed by atoms with Crippen LogP contribution in [0.4, 0.5) is 13.2 Å². The maximum Gasteiger partial charge on any atom is 0.389 e. The van der Waals surface area contributed by atoms with E-state index in [1.807, 2.05) is 30.3 Å². The van der Waals surface area contributed by atoms with Gasteiger partial charge in [0, 0.05) is 6.42 Å². The molecule has 0 fully saturated rings. The monoisotopic (exact) mass is 274 g/mol. The largest absolute Gasteiger partial charge is 0.389 e. The fraction of sp³-hybridized carbons (Fsp3) is 0.462. The molecule has 0 bridgehead atoms. The Morgan fingerprint density at radius 1 is 1.26 bits per heavy atom. The Morgan fingerprint density at radius 3 is 2.42 bits per heavy atom. The summed E-state index contributed by atoms with van der Waals surface area (Å²) in [6.45, 7) is 0.412. The quantitative estimate of drug-likeness (QED) is 0.799. The van der Waals surface area contributed by atoms with Crippen LogP contribution in [-0.4, -0.2) is 24.7 Å². The molecule has 1 aromatic rings. The molecule has 0 aliphatic heterocycles. The Hall–Kier alpha value is -1.56. The van der Waals surface area contributed by atoms with Gasteiger partial charge in [0.25, 0.3) is 0 Å². The summed E-state index contributed by atoms with van der Waals surface area (Å²) in [5, 5.41) is 2.77. The van der Waals surface area contributed by atoms with Crippen LogP contribution in [0.1, 0.15) is 18.4 Å². The highest BCUT2D eigenvalue weighted by molar-refractivity contribution is 5.79. The molecule has 0 radical (unpaired) electrons. The van der Waals surface area contributed by atoms with Crippen molar-refractivity contribution in [3.05, 3.63) is 35.9 Å². The van der Waals surface area contributed by atoms with Crippen molar-refractivity contribution in [2.24, 2.45) is 5.73 Å². The first-order valence-corrected chi connectivity index (χ1v) is 6.02. The number of rotatable bonds is 7. The Balaban J connectivity index is 2.36. The van der Waals surface area contributed by atoms with Crippen LogP contribution in [0.2, 0.25) is 0 Å². The van der Waals surface area contributed by atoms with E-state index in [1.165, 1.54) is 0 Å². The molecule has 19 heavy (non-hydrogen) atoms. The number of benzene rings is 1. The van der Waals surface area contributed by atoms with Crippen LogP contribution in [0.15, 0.2) is 30.3 Å². The van der Waals surface area contributed by atoms with E-state index in [9.17, 15) is 18.0 Å². The maximum atomic E-state index is 12.1. The minimum atomic E-state index is -4.27. The molecule has 106 valence electrons. The van der Waals surface area contributed by atoms with Gasteiger partial charge in [-0.05, 0) is 24.9 Å². The number of hydrogen-bond donors (Lipinski definition) is 2. The number of primary amides is 1. The Labute approximate surface area is 110 Å². The molecule has 0 spiro atoms. The Morgan fingerprint density at radius 2 is 1.89 bits per heavy atom. The molecule has 0 aliphatic carbocycles. The number of nitrogens with two attached hydrogens (primary N) is 1. The normalized spacial score (nSPS) is 13.2. The third-order valence-corrected chi connectivity index (χ3v) is 2.71. The minimum absolute atomic E-state index is 0.326. The minimum Gasteiger partial charge on any atom is -0.368 e. The predicted octanol–water partition coefficient (Wildman–Crippen LogP) is 2.02. The fourth-order valence-electron chi connectivity index (χ4n) is 1.69. The number of carbonyl (C=O) groups excluding carboxylic acids is 1. The van der Waals surface area contributed by atoms with E-state index < -0.39 is 24.5 Å². The summed E-state index contributed by atoms with van der Waals surface area (Å²) >= 11 is 0. The van der Waals surface area contributed by atoms with E-state index in [0.29, 0.717) is 13.0 Å². The summed E-state index contributed by atoms with van der Waals surface area (Å²) in [6, 6.07) is 8.53. The number of hydrogen-bond acceptors (Lipinski definition) is 2. The lowest BCUT2D eigenvalue weighted by Crippen LogP contribution is -2.42. The second-order valence-corrected chi connectivity index (χ2v) is 4.30. The summed E-state index contributed by atoms with van der Waals surface area (Å²) in [7, 11) is 0. The first kappa shape index (κ1) is 15.5. The molecular weight excluding hydrogens is 257 g/mol. The van der Waals surface area contributed by atoms with Gasteiger partial charge in [-0.1, -0.05) is 30.3 Å². The van der Waals surface area contributed by atoms with Gasteiger partial charge in [-0.3, -0.25) is 4.79 Å². The molecule has 0 aromatic heterocycles. The summed E-state index contributed by atoms with van der Waals surface area (Å²) in [6.07, 6.45) is -4.97. The van der Waals surface area contributed by atoms with Crippen molar-refractivity contribution in [1.29, 1.82) is 0 Å². The van der Waals surface area contributed by atoms with Gasteiger partial charge in [0.05, 0.1) is 6.04 Å². The molecule has 0 aliphatic rings. The van der Waals surface area contributed by atoms with Crippen LogP contribution in [0, 0.1) is 0 Å². The second kappa shape index (κ2) is 7.13. The van der Waals surface area contributed by atoms with E-state index in [2.05, 4.69) is 5.32 Å². The first-order chi connectivity index (χ1) is 8.88. The van der Waals surface area contributed by atoms with Crippen LogP contribution >= 0.6 is 0 Å². The Bertz CT molecular complexity index is 393. The van der Waals surface area contributed by atoms with Gasteiger partial charge in [-0.2, -0.15) is 13.2 Å². The van der Waals surface area contributed by atoms with Gasteiger partial charge >= 0.3 is 6.18 Å². The average Bonchev–Trinajstić information content (AvgIpc) is 2.33. The van der Waals surface area contributed by atoms with Gasteiger partial charge in [-0.15, -0.1) is 0 Å². The van der Waals surface area contributed by atoms with Crippen molar-refractivity contribution < 1.29 is 18.0 Å². The highest BCUT2D eigenvalue weighted by atomic mass is 19.4. The summed E-state index contributed by atoms with van der Waals surface area (Å²) < 4.78 is 36.3. The predicted molar refractivity (Wildman–Crippen MR) is 66.4 cm³/mol. The van der Waals surface area contributed by atoms with Crippen LogP contribution in [-0.2, 0) is 11.2 Å². The zero-order valence-electron chi connectivity index (χ0n) is 10.4. The van der Waals surface area contributed by atoms with E-state index in [0.717, 1.165) is 5.56 Å². The molecule has 0 saturated carbocycles. The lowest BCUT2D eigenvalue weighted by Gasteiger charge is -2.16. The smallest absolute Gasteiger partial charge is 0.368 e.